The van der Waals surface area contributed by atoms with Crippen LogP contribution in [0.1, 0.15) is 29.0 Å². The van der Waals surface area contributed by atoms with E-state index >= 15 is 0 Å². The molecule has 0 aliphatic heterocycles. The number of hydrogen-bond acceptors (Lipinski definition) is 3. The number of halogens is 1. The Balaban J connectivity index is 2.00. The van der Waals surface area contributed by atoms with Crippen molar-refractivity contribution in [1.82, 2.24) is 4.90 Å². The van der Waals surface area contributed by atoms with Gasteiger partial charge in [0.15, 0.2) is 5.76 Å². The summed E-state index contributed by atoms with van der Waals surface area (Å²) in [7, 11) is 0. The zero-order valence-electron chi connectivity index (χ0n) is 11.4. The maximum atomic E-state index is 12.6. The van der Waals surface area contributed by atoms with Gasteiger partial charge in [-0.2, -0.15) is 0 Å². The summed E-state index contributed by atoms with van der Waals surface area (Å²) < 4.78 is 5.61. The Kier molecular flexibility index (Phi) is 3.37. The Bertz CT molecular complexity index is 733. The summed E-state index contributed by atoms with van der Waals surface area (Å²) in [5.41, 5.74) is 1.26. The molecule has 1 aliphatic rings. The third-order valence-electron chi connectivity index (χ3n) is 3.65. The Labute approximate surface area is 126 Å². The molecule has 3 rings (SSSR count). The summed E-state index contributed by atoms with van der Waals surface area (Å²) in [4.78, 5) is 24.9. The van der Waals surface area contributed by atoms with Crippen molar-refractivity contribution in [2.24, 2.45) is 0 Å². The maximum absolute atomic E-state index is 12.6. The summed E-state index contributed by atoms with van der Waals surface area (Å²) in [6.45, 7) is 1.47. The van der Waals surface area contributed by atoms with Gasteiger partial charge in [0.25, 0.3) is 5.91 Å². The lowest BCUT2D eigenvalue weighted by Gasteiger charge is -2.19. The van der Waals surface area contributed by atoms with Crippen LogP contribution in [0.4, 0.5) is 0 Å². The molecule has 21 heavy (non-hydrogen) atoms. The monoisotopic (exact) mass is 307 g/mol. The average Bonchev–Trinajstić information content (AvgIpc) is 3.21. The fraction of sp³-hybridized carbons (Fsp3) is 0.333. The van der Waals surface area contributed by atoms with Gasteiger partial charge >= 0.3 is 5.97 Å². The van der Waals surface area contributed by atoms with Crippen LogP contribution in [-0.2, 0) is 4.79 Å². The van der Waals surface area contributed by atoms with Crippen molar-refractivity contribution >= 4 is 34.4 Å². The van der Waals surface area contributed by atoms with Gasteiger partial charge in [0, 0.05) is 22.0 Å². The molecule has 0 unspecified atom stereocenters. The number of carbonyl (C=O) groups excluding carboxylic acids is 1. The number of aliphatic carboxylic acids is 1. The highest BCUT2D eigenvalue weighted by Gasteiger charge is 2.36. The van der Waals surface area contributed by atoms with E-state index < -0.39 is 5.97 Å². The van der Waals surface area contributed by atoms with Crippen LogP contribution in [0.5, 0.6) is 0 Å². The van der Waals surface area contributed by atoms with E-state index in [1.165, 1.54) is 4.90 Å². The number of fused-ring (bicyclic) bond motifs is 1. The molecule has 0 bridgehead atoms. The van der Waals surface area contributed by atoms with Crippen LogP contribution < -0.4 is 0 Å². The number of carbonyl (C=O) groups is 2. The Hall–Kier alpha value is -2.01. The average molecular weight is 308 g/mol. The first-order chi connectivity index (χ1) is 9.97. The number of benzene rings is 1. The molecule has 0 spiro atoms. The number of aryl methyl sites for hydroxylation is 1. The number of furan rings is 1. The molecular weight excluding hydrogens is 294 g/mol. The van der Waals surface area contributed by atoms with Crippen LogP contribution >= 0.6 is 11.6 Å². The van der Waals surface area contributed by atoms with E-state index in [2.05, 4.69) is 0 Å². The van der Waals surface area contributed by atoms with Crippen molar-refractivity contribution in [2.45, 2.75) is 25.8 Å². The molecular formula is C15H14ClNO4. The Morgan fingerprint density at radius 3 is 2.76 bits per heavy atom. The molecule has 1 fully saturated rings. The van der Waals surface area contributed by atoms with E-state index in [1.807, 2.05) is 0 Å². The van der Waals surface area contributed by atoms with Crippen molar-refractivity contribution in [3.63, 3.8) is 0 Å². The van der Waals surface area contributed by atoms with Gasteiger partial charge in [-0.15, -0.1) is 0 Å². The topological polar surface area (TPSA) is 70.8 Å². The van der Waals surface area contributed by atoms with E-state index in [0.29, 0.717) is 16.2 Å². The zero-order chi connectivity index (χ0) is 15.1. The third-order valence-corrected chi connectivity index (χ3v) is 3.88. The second-order valence-corrected chi connectivity index (χ2v) is 5.69. The molecule has 6 heteroatoms. The molecule has 0 atom stereocenters. The first-order valence-electron chi connectivity index (χ1n) is 6.69. The minimum atomic E-state index is -1.02. The second kappa shape index (κ2) is 5.07. The van der Waals surface area contributed by atoms with Gasteiger partial charge < -0.3 is 14.4 Å². The van der Waals surface area contributed by atoms with E-state index in [9.17, 15) is 9.59 Å². The zero-order valence-corrected chi connectivity index (χ0v) is 12.2. The van der Waals surface area contributed by atoms with Gasteiger partial charge in [-0.3, -0.25) is 9.59 Å². The van der Waals surface area contributed by atoms with Gasteiger partial charge in [0.2, 0.25) is 0 Å². The van der Waals surface area contributed by atoms with Crippen LogP contribution in [-0.4, -0.2) is 34.5 Å². The van der Waals surface area contributed by atoms with Crippen molar-refractivity contribution < 1.29 is 19.1 Å². The predicted molar refractivity (Wildman–Crippen MR) is 77.7 cm³/mol. The van der Waals surface area contributed by atoms with Crippen molar-refractivity contribution in [2.75, 3.05) is 6.54 Å². The summed E-state index contributed by atoms with van der Waals surface area (Å²) in [5.74, 6) is -1.20. The van der Waals surface area contributed by atoms with Crippen LogP contribution in [0, 0.1) is 6.92 Å². The van der Waals surface area contributed by atoms with Gasteiger partial charge in [-0.1, -0.05) is 11.6 Å². The smallest absolute Gasteiger partial charge is 0.323 e. The van der Waals surface area contributed by atoms with Gasteiger partial charge in [-0.05, 0) is 38.0 Å². The SMILES string of the molecule is Cc1c(C(=O)N(CC(=O)O)C2CC2)oc2ccc(Cl)cc12. The molecule has 1 N–H and O–H groups in total. The molecule has 1 aromatic heterocycles. The van der Waals surface area contributed by atoms with Crippen molar-refractivity contribution in [1.29, 1.82) is 0 Å². The molecule has 0 saturated heterocycles. The standard InChI is InChI=1S/C15H14ClNO4/c1-8-11-6-9(16)2-5-12(11)21-14(8)15(20)17(7-13(18)19)10-3-4-10/h2,5-6,10H,3-4,7H2,1H3,(H,18,19). The number of carboxylic acid groups (broad SMARTS) is 1. The van der Waals surface area contributed by atoms with Crippen molar-refractivity contribution in [3.8, 4) is 0 Å². The first kappa shape index (κ1) is 13.9. The minimum Gasteiger partial charge on any atom is -0.480 e. The van der Waals surface area contributed by atoms with Crippen LogP contribution in [0.3, 0.4) is 0 Å². The molecule has 1 saturated carbocycles. The summed E-state index contributed by atoms with van der Waals surface area (Å²) in [6.07, 6.45) is 1.67. The van der Waals surface area contributed by atoms with Crippen molar-refractivity contribution in [3.05, 3.63) is 34.5 Å². The highest BCUT2D eigenvalue weighted by molar-refractivity contribution is 6.31. The lowest BCUT2D eigenvalue weighted by atomic mass is 10.1. The lowest BCUT2D eigenvalue weighted by molar-refractivity contribution is -0.137. The summed E-state index contributed by atoms with van der Waals surface area (Å²) in [6, 6.07) is 5.15. The molecule has 5 nitrogen and oxygen atoms in total. The Morgan fingerprint density at radius 2 is 2.14 bits per heavy atom. The third kappa shape index (κ3) is 2.61. The predicted octanol–water partition coefficient (Wildman–Crippen LogP) is 3.08. The normalized spacial score (nSPS) is 14.4. The molecule has 1 aromatic carbocycles. The Morgan fingerprint density at radius 1 is 1.43 bits per heavy atom. The van der Waals surface area contributed by atoms with Crippen LogP contribution in [0.25, 0.3) is 11.0 Å². The van der Waals surface area contributed by atoms with E-state index in [0.717, 1.165) is 18.2 Å². The van der Waals surface area contributed by atoms with Gasteiger partial charge in [0.1, 0.15) is 12.1 Å². The fourth-order valence-corrected chi connectivity index (χ4v) is 2.60. The van der Waals surface area contributed by atoms with Gasteiger partial charge in [0.05, 0.1) is 0 Å². The molecule has 2 aromatic rings. The molecule has 1 amide bonds. The van der Waals surface area contributed by atoms with Crippen LogP contribution in [0.2, 0.25) is 5.02 Å². The molecule has 0 radical (unpaired) electrons. The largest absolute Gasteiger partial charge is 0.480 e. The maximum Gasteiger partial charge on any atom is 0.323 e. The first-order valence-corrected chi connectivity index (χ1v) is 7.06. The van der Waals surface area contributed by atoms with Crippen LogP contribution in [0.15, 0.2) is 22.6 Å². The number of rotatable bonds is 4. The number of hydrogen-bond donors (Lipinski definition) is 1. The van der Waals surface area contributed by atoms with E-state index in [1.54, 1.807) is 25.1 Å². The van der Waals surface area contributed by atoms with E-state index in [-0.39, 0.29) is 24.3 Å². The highest BCUT2D eigenvalue weighted by Crippen LogP contribution is 2.32. The number of amides is 1. The molecule has 1 aliphatic carbocycles. The molecule has 110 valence electrons. The summed E-state index contributed by atoms with van der Waals surface area (Å²) >= 11 is 5.96. The van der Waals surface area contributed by atoms with Gasteiger partial charge in [-0.25, -0.2) is 0 Å². The molecule has 1 heterocycles. The number of carboxylic acids is 1. The lowest BCUT2D eigenvalue weighted by Crippen LogP contribution is -2.37. The minimum absolute atomic E-state index is 0.00444. The quantitative estimate of drug-likeness (QED) is 0.942. The van der Waals surface area contributed by atoms with E-state index in [4.69, 9.17) is 21.1 Å². The summed E-state index contributed by atoms with van der Waals surface area (Å²) in [5, 5.41) is 10.3. The highest BCUT2D eigenvalue weighted by atomic mass is 35.5. The second-order valence-electron chi connectivity index (χ2n) is 5.25. The fourth-order valence-electron chi connectivity index (χ4n) is 2.43. The number of nitrogens with zero attached hydrogens (tertiary/aromatic N) is 1.